The fraction of sp³-hybridized carbons (Fsp3) is 0.909. The van der Waals surface area contributed by atoms with Gasteiger partial charge in [0.2, 0.25) is 0 Å². The summed E-state index contributed by atoms with van der Waals surface area (Å²) >= 11 is 0. The van der Waals surface area contributed by atoms with Crippen molar-refractivity contribution in [2.45, 2.75) is 39.5 Å². The van der Waals surface area contributed by atoms with Crippen LogP contribution in [0.15, 0.2) is 0 Å². The quantitative estimate of drug-likeness (QED) is 0.651. The molecule has 0 aromatic carbocycles. The number of ether oxygens (including phenoxy) is 2. The van der Waals surface area contributed by atoms with Gasteiger partial charge in [-0.25, -0.2) is 4.79 Å². The Bertz CT molecular complexity index is 215. The third kappa shape index (κ3) is 2.63. The first-order valence-electron chi connectivity index (χ1n) is 5.31. The molecule has 0 amide bonds. The Labute approximate surface area is 84.8 Å². The van der Waals surface area contributed by atoms with Crippen molar-refractivity contribution in [2.24, 2.45) is 10.8 Å². The van der Waals surface area contributed by atoms with Gasteiger partial charge in [-0.15, -0.1) is 0 Å². The summed E-state index contributed by atoms with van der Waals surface area (Å²) in [5.74, 6) is 0. The van der Waals surface area contributed by atoms with Gasteiger partial charge in [-0.1, -0.05) is 13.8 Å². The largest absolute Gasteiger partial charge is 0.508 e. The van der Waals surface area contributed by atoms with Crippen molar-refractivity contribution in [3.8, 4) is 0 Å². The van der Waals surface area contributed by atoms with Gasteiger partial charge in [-0.3, -0.25) is 0 Å². The molecule has 0 bridgehead atoms. The molecule has 0 atom stereocenters. The number of carbonyl (C=O) groups excluding carboxylic acids is 1. The van der Waals surface area contributed by atoms with Crippen molar-refractivity contribution in [1.29, 1.82) is 0 Å². The Hall–Kier alpha value is -0.730. The Morgan fingerprint density at radius 3 is 1.64 bits per heavy atom. The van der Waals surface area contributed by atoms with Crippen LogP contribution in [-0.4, -0.2) is 19.4 Å². The van der Waals surface area contributed by atoms with Crippen molar-refractivity contribution >= 4 is 6.16 Å². The minimum Gasteiger partial charge on any atom is -0.434 e. The first-order valence-corrected chi connectivity index (χ1v) is 5.31. The second kappa shape index (κ2) is 3.14. The molecule has 0 aliphatic heterocycles. The van der Waals surface area contributed by atoms with Crippen molar-refractivity contribution < 1.29 is 14.3 Å². The predicted molar refractivity (Wildman–Crippen MR) is 52.0 cm³/mol. The molecule has 0 N–H and O–H groups in total. The molecule has 0 heterocycles. The zero-order chi connectivity index (χ0) is 10.2. The maximum absolute atomic E-state index is 11.1. The lowest BCUT2D eigenvalue weighted by Crippen LogP contribution is -2.17. The minimum atomic E-state index is -0.494. The topological polar surface area (TPSA) is 35.5 Å². The molecular weight excluding hydrogens is 180 g/mol. The minimum absolute atomic E-state index is 0.252. The number of carbonyl (C=O) groups is 1. The smallest absolute Gasteiger partial charge is 0.434 e. The average Bonchev–Trinajstić information content (AvgIpc) is 3.02. The van der Waals surface area contributed by atoms with Crippen LogP contribution in [-0.2, 0) is 9.47 Å². The van der Waals surface area contributed by atoms with Gasteiger partial charge in [0.05, 0.1) is 0 Å². The number of rotatable bonds is 4. The fourth-order valence-electron chi connectivity index (χ4n) is 1.22. The van der Waals surface area contributed by atoms with E-state index in [1.54, 1.807) is 0 Å². The Kier molecular flexibility index (Phi) is 2.20. The zero-order valence-electron chi connectivity index (χ0n) is 8.97. The first kappa shape index (κ1) is 9.81. The summed E-state index contributed by atoms with van der Waals surface area (Å²) in [7, 11) is 0. The third-order valence-corrected chi connectivity index (χ3v) is 3.28. The molecule has 2 rings (SSSR count). The lowest BCUT2D eigenvalue weighted by molar-refractivity contribution is 0.0320. The molecule has 2 saturated carbocycles. The molecule has 0 unspecified atom stereocenters. The van der Waals surface area contributed by atoms with Crippen LogP contribution in [0.25, 0.3) is 0 Å². The SMILES string of the molecule is CC1(COC(=O)OCC2(C)CC2)CC1. The lowest BCUT2D eigenvalue weighted by Gasteiger charge is -2.11. The van der Waals surface area contributed by atoms with Gasteiger partial charge >= 0.3 is 6.16 Å². The lowest BCUT2D eigenvalue weighted by atomic mass is 10.2. The van der Waals surface area contributed by atoms with Crippen LogP contribution in [0, 0.1) is 10.8 Å². The van der Waals surface area contributed by atoms with Gasteiger partial charge in [0.15, 0.2) is 0 Å². The normalized spacial score (nSPS) is 25.3. The molecule has 0 radical (unpaired) electrons. The maximum atomic E-state index is 11.1. The molecule has 2 fully saturated rings. The van der Waals surface area contributed by atoms with Gasteiger partial charge < -0.3 is 9.47 Å². The Morgan fingerprint density at radius 1 is 1.00 bits per heavy atom. The van der Waals surface area contributed by atoms with E-state index in [-0.39, 0.29) is 10.8 Å². The van der Waals surface area contributed by atoms with Crippen LogP contribution in [0.4, 0.5) is 4.79 Å². The van der Waals surface area contributed by atoms with Crippen molar-refractivity contribution in [1.82, 2.24) is 0 Å². The van der Waals surface area contributed by atoms with Gasteiger partial charge in [-0.05, 0) is 25.7 Å². The van der Waals surface area contributed by atoms with E-state index >= 15 is 0 Å². The molecule has 0 aromatic rings. The summed E-state index contributed by atoms with van der Waals surface area (Å²) < 4.78 is 10.1. The van der Waals surface area contributed by atoms with E-state index in [1.807, 2.05) is 0 Å². The number of hydrogen-bond donors (Lipinski definition) is 0. The van der Waals surface area contributed by atoms with Crippen LogP contribution >= 0.6 is 0 Å². The summed E-state index contributed by atoms with van der Waals surface area (Å²) in [5, 5.41) is 0. The molecule has 80 valence electrons. The van der Waals surface area contributed by atoms with Crippen LogP contribution in [0.2, 0.25) is 0 Å². The van der Waals surface area contributed by atoms with E-state index in [1.165, 1.54) is 0 Å². The fourth-order valence-corrected chi connectivity index (χ4v) is 1.22. The Balaban J connectivity index is 1.59. The monoisotopic (exact) mass is 198 g/mol. The van der Waals surface area contributed by atoms with Crippen molar-refractivity contribution in [2.75, 3.05) is 13.2 Å². The second-order valence-electron chi connectivity index (χ2n) is 5.45. The summed E-state index contributed by atoms with van der Waals surface area (Å²) in [4.78, 5) is 11.1. The van der Waals surface area contributed by atoms with Gasteiger partial charge in [0.25, 0.3) is 0 Å². The molecule has 3 heteroatoms. The van der Waals surface area contributed by atoms with E-state index in [2.05, 4.69) is 13.8 Å². The highest BCUT2D eigenvalue weighted by Crippen LogP contribution is 2.46. The van der Waals surface area contributed by atoms with E-state index < -0.39 is 6.16 Å². The molecule has 2 aliphatic rings. The molecule has 0 spiro atoms. The zero-order valence-corrected chi connectivity index (χ0v) is 8.97. The van der Waals surface area contributed by atoms with Crippen LogP contribution in [0.3, 0.4) is 0 Å². The molecule has 0 aromatic heterocycles. The van der Waals surface area contributed by atoms with E-state index in [4.69, 9.17) is 9.47 Å². The first-order chi connectivity index (χ1) is 6.52. The molecule has 3 nitrogen and oxygen atoms in total. The predicted octanol–water partition coefficient (Wildman–Crippen LogP) is 2.74. The van der Waals surface area contributed by atoms with Gasteiger partial charge in [-0.2, -0.15) is 0 Å². The molecule has 0 saturated heterocycles. The summed E-state index contributed by atoms with van der Waals surface area (Å²) in [6.07, 6.45) is 4.16. The molecule has 2 aliphatic carbocycles. The maximum Gasteiger partial charge on any atom is 0.508 e. The van der Waals surface area contributed by atoms with Crippen molar-refractivity contribution in [3.63, 3.8) is 0 Å². The highest BCUT2D eigenvalue weighted by molar-refractivity contribution is 5.60. The third-order valence-electron chi connectivity index (χ3n) is 3.28. The van der Waals surface area contributed by atoms with Crippen LogP contribution in [0.1, 0.15) is 39.5 Å². The molecule has 14 heavy (non-hydrogen) atoms. The Morgan fingerprint density at radius 2 is 1.36 bits per heavy atom. The summed E-state index contributed by atoms with van der Waals surface area (Å²) in [6, 6.07) is 0. The van der Waals surface area contributed by atoms with Crippen LogP contribution < -0.4 is 0 Å². The van der Waals surface area contributed by atoms with E-state index in [0.717, 1.165) is 25.7 Å². The molecular formula is C11H18O3. The second-order valence-corrected chi connectivity index (χ2v) is 5.45. The standard InChI is InChI=1S/C11H18O3/c1-10(3-4-10)7-13-9(12)14-8-11(2)5-6-11/h3-8H2,1-2H3. The van der Waals surface area contributed by atoms with Gasteiger partial charge in [0, 0.05) is 10.8 Å². The highest BCUT2D eigenvalue weighted by atomic mass is 16.7. The average molecular weight is 198 g/mol. The summed E-state index contributed by atoms with van der Waals surface area (Å²) in [6.45, 7) is 5.29. The van der Waals surface area contributed by atoms with Crippen LogP contribution in [0.5, 0.6) is 0 Å². The highest BCUT2D eigenvalue weighted by Gasteiger charge is 2.40. The summed E-state index contributed by atoms with van der Waals surface area (Å²) in [5.41, 5.74) is 0.505. The van der Waals surface area contributed by atoms with Crippen molar-refractivity contribution in [3.05, 3.63) is 0 Å². The van der Waals surface area contributed by atoms with E-state index in [9.17, 15) is 4.79 Å². The van der Waals surface area contributed by atoms with E-state index in [0.29, 0.717) is 13.2 Å². The number of hydrogen-bond acceptors (Lipinski definition) is 3. The van der Waals surface area contributed by atoms with Gasteiger partial charge in [0.1, 0.15) is 13.2 Å².